The fourth-order valence-corrected chi connectivity index (χ4v) is 9.19. The topological polar surface area (TPSA) is 78.4 Å². The SMILES string of the molecule is CC(C)c1c2c(c3c([n+]1[O-])CC1(CCC1)C[C@@H]3O[Si](C)(C)C(C)(C)C)C1(CCOCC1)O[C@@H]2c1ccc(C(F)(F)F)c(C#N)c1. The second-order valence-corrected chi connectivity index (χ2v) is 20.4. The number of pyridine rings is 1. The summed E-state index contributed by atoms with van der Waals surface area (Å²) in [6.45, 7) is 16.1. The summed E-state index contributed by atoms with van der Waals surface area (Å²) in [6.07, 6.45) is 0.189. The molecule has 6 rings (SSSR count). The molecule has 0 radical (unpaired) electrons. The van der Waals surface area contributed by atoms with Gasteiger partial charge in [-0.2, -0.15) is 23.2 Å². The predicted octanol–water partition coefficient (Wildman–Crippen LogP) is 8.64. The van der Waals surface area contributed by atoms with Gasteiger partial charge in [0.2, 0.25) is 5.69 Å². The van der Waals surface area contributed by atoms with Gasteiger partial charge in [0.25, 0.3) is 0 Å². The molecule has 6 nitrogen and oxygen atoms in total. The normalized spacial score (nSPS) is 24.0. The maximum Gasteiger partial charge on any atom is 0.417 e. The van der Waals surface area contributed by atoms with Gasteiger partial charge in [-0.3, -0.25) is 0 Å². The number of fused-ring (bicyclic) bond motifs is 4. The minimum atomic E-state index is -4.66. The predicted molar refractivity (Wildman–Crippen MR) is 166 cm³/mol. The number of nitriles is 1. The number of rotatable bonds is 4. The Hall–Kier alpha value is -2.45. The van der Waals surface area contributed by atoms with E-state index in [1.807, 2.05) is 13.8 Å². The van der Waals surface area contributed by atoms with Crippen molar-refractivity contribution in [3.05, 3.63) is 68.2 Å². The molecule has 0 amide bonds. The number of aromatic nitrogens is 1. The number of nitrogens with zero attached hydrogens (tertiary/aromatic N) is 2. The summed E-state index contributed by atoms with van der Waals surface area (Å²) in [5.41, 5.74) is 2.28. The van der Waals surface area contributed by atoms with Crippen molar-refractivity contribution in [3.8, 4) is 6.07 Å². The average molecular weight is 643 g/mol. The maximum atomic E-state index is 14.7. The van der Waals surface area contributed by atoms with E-state index >= 15 is 0 Å². The molecule has 244 valence electrons. The third kappa shape index (κ3) is 5.22. The summed E-state index contributed by atoms with van der Waals surface area (Å²) >= 11 is 0. The molecule has 3 heterocycles. The second kappa shape index (κ2) is 10.8. The number of alkyl halides is 3. The molecular weight excluding hydrogens is 597 g/mol. The van der Waals surface area contributed by atoms with E-state index in [-0.39, 0.29) is 22.5 Å². The fraction of sp³-hybridized carbons (Fsp3) is 0.657. The summed E-state index contributed by atoms with van der Waals surface area (Å²) in [6, 6.07) is 5.41. The zero-order valence-electron chi connectivity index (χ0n) is 27.5. The zero-order valence-corrected chi connectivity index (χ0v) is 28.5. The Morgan fingerprint density at radius 2 is 1.76 bits per heavy atom. The van der Waals surface area contributed by atoms with Crippen molar-refractivity contribution in [1.29, 1.82) is 5.26 Å². The van der Waals surface area contributed by atoms with E-state index in [1.165, 1.54) is 12.1 Å². The van der Waals surface area contributed by atoms with E-state index in [2.05, 4.69) is 33.9 Å². The van der Waals surface area contributed by atoms with E-state index in [0.29, 0.717) is 43.7 Å². The minimum absolute atomic E-state index is 0.0332. The van der Waals surface area contributed by atoms with Crippen molar-refractivity contribution in [1.82, 2.24) is 0 Å². The van der Waals surface area contributed by atoms with E-state index in [4.69, 9.17) is 13.9 Å². The van der Waals surface area contributed by atoms with Crippen LogP contribution < -0.4 is 4.73 Å². The Morgan fingerprint density at radius 3 is 2.29 bits per heavy atom. The molecule has 0 N–H and O–H groups in total. The highest BCUT2D eigenvalue weighted by Crippen LogP contribution is 2.61. The molecule has 2 aliphatic carbocycles. The fourth-order valence-electron chi connectivity index (χ4n) is 7.92. The van der Waals surface area contributed by atoms with Gasteiger partial charge in [0.05, 0.1) is 40.0 Å². The smallest absolute Gasteiger partial charge is 0.417 e. The summed E-state index contributed by atoms with van der Waals surface area (Å²) < 4.78 is 62.6. The standard InChI is InChI=1S/C35H45F3N2O4Si/c1-21(2)30-28-29(27-25(40(30)41)18-33(11-8-12-33)19-26(27)44-45(6,7)32(3,4)5)34(13-15-42-16-14-34)43-31(28)22-9-10-24(35(36,37)38)23(17-22)20-39/h9-10,17,21,26,31H,8,11-16,18-19H2,1-7H3/t26-,31+/m0/s1. The summed E-state index contributed by atoms with van der Waals surface area (Å²) in [7, 11) is -2.30. The molecule has 2 aromatic rings. The van der Waals surface area contributed by atoms with Gasteiger partial charge in [-0.1, -0.05) is 47.1 Å². The van der Waals surface area contributed by atoms with Gasteiger partial charge in [-0.25, -0.2) is 0 Å². The largest absolute Gasteiger partial charge is 0.618 e. The lowest BCUT2D eigenvalue weighted by Gasteiger charge is -2.50. The number of hydrogen-bond acceptors (Lipinski definition) is 5. The Kier molecular flexibility index (Phi) is 7.79. The van der Waals surface area contributed by atoms with Crippen molar-refractivity contribution in [2.75, 3.05) is 13.2 Å². The van der Waals surface area contributed by atoms with Gasteiger partial charge in [0.15, 0.2) is 14.0 Å². The number of hydrogen-bond donors (Lipinski definition) is 0. The number of benzene rings is 1. The molecule has 1 saturated carbocycles. The average Bonchev–Trinajstić information content (AvgIpc) is 3.24. The van der Waals surface area contributed by atoms with E-state index < -0.39 is 37.3 Å². The minimum Gasteiger partial charge on any atom is -0.618 e. The molecule has 0 unspecified atom stereocenters. The van der Waals surface area contributed by atoms with Crippen molar-refractivity contribution < 1.29 is 31.8 Å². The van der Waals surface area contributed by atoms with Crippen molar-refractivity contribution in [2.45, 2.75) is 128 Å². The monoisotopic (exact) mass is 642 g/mol. The Bertz CT molecular complexity index is 1550. The highest BCUT2D eigenvalue weighted by Gasteiger charge is 2.58. The maximum absolute atomic E-state index is 14.7. The summed E-state index contributed by atoms with van der Waals surface area (Å²) in [4.78, 5) is 0. The number of halogens is 3. The molecule has 10 heteroatoms. The lowest BCUT2D eigenvalue weighted by molar-refractivity contribution is -0.626. The molecule has 2 aliphatic heterocycles. The van der Waals surface area contributed by atoms with Gasteiger partial charge >= 0.3 is 6.18 Å². The first-order valence-corrected chi connectivity index (χ1v) is 19.2. The summed E-state index contributed by atoms with van der Waals surface area (Å²) in [5.74, 6) is -0.174. The lowest BCUT2D eigenvalue weighted by Crippen LogP contribution is -2.51. The number of ether oxygens (including phenoxy) is 2. The molecule has 1 aromatic carbocycles. The van der Waals surface area contributed by atoms with Gasteiger partial charge in [-0.15, -0.1) is 0 Å². The lowest BCUT2D eigenvalue weighted by atomic mass is 9.58. The Morgan fingerprint density at radius 1 is 1.09 bits per heavy atom. The molecule has 2 fully saturated rings. The third-order valence-electron chi connectivity index (χ3n) is 11.4. The van der Waals surface area contributed by atoms with Crippen LogP contribution >= 0.6 is 0 Å². The van der Waals surface area contributed by atoms with Gasteiger partial charge < -0.3 is 19.1 Å². The highest BCUT2D eigenvalue weighted by molar-refractivity contribution is 6.74. The quantitative estimate of drug-likeness (QED) is 0.190. The van der Waals surface area contributed by atoms with Crippen LogP contribution in [0.4, 0.5) is 13.2 Å². The van der Waals surface area contributed by atoms with Gasteiger partial charge in [0, 0.05) is 44.0 Å². The van der Waals surface area contributed by atoms with Crippen molar-refractivity contribution in [2.24, 2.45) is 5.41 Å². The van der Waals surface area contributed by atoms with Crippen molar-refractivity contribution in [3.63, 3.8) is 0 Å². The molecule has 45 heavy (non-hydrogen) atoms. The highest BCUT2D eigenvalue weighted by atomic mass is 28.4. The Balaban J connectivity index is 1.64. The second-order valence-electron chi connectivity index (χ2n) is 15.6. The first kappa shape index (κ1) is 32.5. The molecule has 2 atom stereocenters. The Labute approximate surface area is 265 Å². The molecule has 2 spiro atoms. The van der Waals surface area contributed by atoms with E-state index in [0.717, 1.165) is 58.9 Å². The molecule has 0 bridgehead atoms. The van der Waals surface area contributed by atoms with Crippen LogP contribution in [0.25, 0.3) is 0 Å². The summed E-state index contributed by atoms with van der Waals surface area (Å²) in [5, 5.41) is 24.4. The molecule has 4 aliphatic rings. The van der Waals surface area contributed by atoms with Crippen LogP contribution in [0.3, 0.4) is 0 Å². The zero-order chi connectivity index (χ0) is 32.7. The van der Waals surface area contributed by atoms with Crippen LogP contribution in [0.15, 0.2) is 18.2 Å². The van der Waals surface area contributed by atoms with Crippen LogP contribution in [-0.4, -0.2) is 21.5 Å². The van der Waals surface area contributed by atoms with Crippen LogP contribution in [0, 0.1) is 22.0 Å². The van der Waals surface area contributed by atoms with Crippen molar-refractivity contribution >= 4 is 8.32 Å². The molecule has 1 aromatic heterocycles. The van der Waals surface area contributed by atoms with Gasteiger partial charge in [0.1, 0.15) is 6.10 Å². The van der Waals surface area contributed by atoms with Crippen LogP contribution in [-0.2, 0) is 32.1 Å². The first-order chi connectivity index (χ1) is 20.9. The van der Waals surface area contributed by atoms with Crippen LogP contribution in [0.1, 0.15) is 136 Å². The molecular formula is C35H45F3N2O4Si. The molecule has 1 saturated heterocycles. The van der Waals surface area contributed by atoms with Crippen LogP contribution in [0.5, 0.6) is 0 Å². The third-order valence-corrected chi connectivity index (χ3v) is 15.9. The van der Waals surface area contributed by atoms with Crippen LogP contribution in [0.2, 0.25) is 18.1 Å². The first-order valence-electron chi connectivity index (χ1n) is 16.3. The van der Waals surface area contributed by atoms with E-state index in [1.54, 1.807) is 6.07 Å². The van der Waals surface area contributed by atoms with Gasteiger partial charge in [-0.05, 0) is 60.5 Å². The van der Waals surface area contributed by atoms with E-state index in [9.17, 15) is 23.6 Å².